The summed E-state index contributed by atoms with van der Waals surface area (Å²) >= 11 is 0. The number of likely N-dealkylation sites (N-methyl/N-ethyl adjacent to an activating group) is 1. The highest BCUT2D eigenvalue weighted by atomic mass is 16.5. The predicted molar refractivity (Wildman–Crippen MR) is 79.2 cm³/mol. The maximum Gasteiger partial charge on any atom is 0.0628 e. The van der Waals surface area contributed by atoms with E-state index in [1.54, 1.807) is 0 Å². The van der Waals surface area contributed by atoms with Gasteiger partial charge in [-0.25, -0.2) is 0 Å². The SMILES string of the molecule is CNC(COC(C)C)C12CC3CC(CC(C)(C3)C1)C2. The molecule has 0 radical (unpaired) electrons. The Labute approximate surface area is 118 Å². The lowest BCUT2D eigenvalue weighted by atomic mass is 9.43. The molecule has 4 saturated carbocycles. The van der Waals surface area contributed by atoms with Gasteiger partial charge in [-0.2, -0.15) is 0 Å². The van der Waals surface area contributed by atoms with E-state index in [0.717, 1.165) is 18.4 Å². The molecule has 2 nitrogen and oxygen atoms in total. The lowest BCUT2D eigenvalue weighted by Crippen LogP contribution is -2.59. The van der Waals surface area contributed by atoms with Gasteiger partial charge in [0.2, 0.25) is 0 Å². The van der Waals surface area contributed by atoms with Gasteiger partial charge in [0.1, 0.15) is 0 Å². The Hall–Kier alpha value is -0.0800. The van der Waals surface area contributed by atoms with Gasteiger partial charge in [0.25, 0.3) is 0 Å². The van der Waals surface area contributed by atoms with Crippen molar-refractivity contribution >= 4 is 0 Å². The molecule has 4 fully saturated rings. The first kappa shape index (κ1) is 13.9. The van der Waals surface area contributed by atoms with Crippen molar-refractivity contribution in [2.75, 3.05) is 13.7 Å². The van der Waals surface area contributed by atoms with Crippen molar-refractivity contribution in [1.82, 2.24) is 5.32 Å². The Morgan fingerprint density at radius 3 is 2.26 bits per heavy atom. The molecule has 0 aromatic rings. The molecular formula is C17H31NO. The smallest absolute Gasteiger partial charge is 0.0628 e. The van der Waals surface area contributed by atoms with Crippen LogP contribution in [0.5, 0.6) is 0 Å². The molecule has 110 valence electrons. The van der Waals surface area contributed by atoms with Crippen LogP contribution in [-0.4, -0.2) is 25.8 Å². The minimum atomic E-state index is 0.348. The van der Waals surface area contributed by atoms with Crippen LogP contribution < -0.4 is 5.32 Å². The number of hydrogen-bond donors (Lipinski definition) is 1. The third kappa shape index (κ3) is 2.47. The Bertz CT molecular complexity index is 324. The molecule has 0 aromatic carbocycles. The second-order valence-electron chi connectivity index (χ2n) is 8.36. The zero-order valence-corrected chi connectivity index (χ0v) is 13.2. The standard InChI is InChI=1S/C17H31NO/c1-12(2)19-10-15(18-4)17-8-13-5-14(9-17)7-16(3,6-13)11-17/h12-15,18H,5-11H2,1-4H3. The molecular weight excluding hydrogens is 234 g/mol. The zero-order valence-electron chi connectivity index (χ0n) is 13.2. The molecule has 4 bridgehead atoms. The molecule has 0 aromatic heterocycles. The Balaban J connectivity index is 1.77. The summed E-state index contributed by atoms with van der Waals surface area (Å²) in [4.78, 5) is 0. The highest BCUT2D eigenvalue weighted by molar-refractivity contribution is 5.09. The van der Waals surface area contributed by atoms with E-state index in [2.05, 4.69) is 33.1 Å². The average Bonchev–Trinajstić information content (AvgIpc) is 2.25. The van der Waals surface area contributed by atoms with Crippen LogP contribution >= 0.6 is 0 Å². The third-order valence-corrected chi connectivity index (χ3v) is 6.08. The van der Waals surface area contributed by atoms with Gasteiger partial charge in [-0.05, 0) is 82.1 Å². The molecule has 4 rings (SSSR count). The largest absolute Gasteiger partial charge is 0.377 e. The highest BCUT2D eigenvalue weighted by Crippen LogP contribution is 2.66. The maximum absolute atomic E-state index is 5.95. The van der Waals surface area contributed by atoms with E-state index in [0.29, 0.717) is 23.0 Å². The number of hydrogen-bond acceptors (Lipinski definition) is 2. The van der Waals surface area contributed by atoms with Gasteiger partial charge < -0.3 is 10.1 Å². The van der Waals surface area contributed by atoms with Gasteiger partial charge >= 0.3 is 0 Å². The van der Waals surface area contributed by atoms with Gasteiger partial charge in [0, 0.05) is 6.04 Å². The van der Waals surface area contributed by atoms with Crippen molar-refractivity contribution in [3.05, 3.63) is 0 Å². The highest BCUT2D eigenvalue weighted by Gasteiger charge is 2.58. The van der Waals surface area contributed by atoms with Crippen LogP contribution in [0.25, 0.3) is 0 Å². The lowest BCUT2D eigenvalue weighted by molar-refractivity contribution is -0.129. The quantitative estimate of drug-likeness (QED) is 0.820. The Morgan fingerprint density at radius 1 is 1.16 bits per heavy atom. The fraction of sp³-hybridized carbons (Fsp3) is 1.00. The van der Waals surface area contributed by atoms with Crippen LogP contribution in [0.3, 0.4) is 0 Å². The molecule has 2 heteroatoms. The lowest BCUT2D eigenvalue weighted by Gasteiger charge is -2.63. The molecule has 0 spiro atoms. The summed E-state index contributed by atoms with van der Waals surface area (Å²) in [5.74, 6) is 2.00. The first-order valence-corrected chi connectivity index (χ1v) is 8.24. The summed E-state index contributed by atoms with van der Waals surface area (Å²) in [6, 6.07) is 0.556. The van der Waals surface area contributed by atoms with Crippen LogP contribution in [0.2, 0.25) is 0 Å². The Morgan fingerprint density at radius 2 is 1.79 bits per heavy atom. The zero-order chi connectivity index (χ0) is 13.7. The monoisotopic (exact) mass is 265 g/mol. The molecule has 0 heterocycles. The first-order chi connectivity index (χ1) is 8.95. The molecule has 0 aliphatic heterocycles. The second-order valence-corrected chi connectivity index (χ2v) is 8.36. The molecule has 0 amide bonds. The van der Waals surface area contributed by atoms with Crippen LogP contribution in [0.4, 0.5) is 0 Å². The summed E-state index contributed by atoms with van der Waals surface area (Å²) in [6.45, 7) is 7.74. The van der Waals surface area contributed by atoms with Crippen molar-refractivity contribution in [2.24, 2.45) is 22.7 Å². The van der Waals surface area contributed by atoms with Crippen LogP contribution in [0, 0.1) is 22.7 Å². The van der Waals surface area contributed by atoms with Crippen molar-refractivity contribution in [3.8, 4) is 0 Å². The van der Waals surface area contributed by atoms with E-state index in [1.807, 2.05) is 0 Å². The molecule has 3 atom stereocenters. The number of nitrogens with one attached hydrogen (secondary N) is 1. The fourth-order valence-corrected chi connectivity index (χ4v) is 6.06. The van der Waals surface area contributed by atoms with Gasteiger partial charge in [-0.3, -0.25) is 0 Å². The topological polar surface area (TPSA) is 21.3 Å². The fourth-order valence-electron chi connectivity index (χ4n) is 6.06. The van der Waals surface area contributed by atoms with Gasteiger partial charge in [0.15, 0.2) is 0 Å². The maximum atomic E-state index is 5.95. The van der Waals surface area contributed by atoms with Crippen LogP contribution in [-0.2, 0) is 4.74 Å². The molecule has 3 unspecified atom stereocenters. The summed E-state index contributed by atoms with van der Waals surface area (Å²) in [6.07, 6.45) is 9.18. The summed E-state index contributed by atoms with van der Waals surface area (Å²) in [7, 11) is 2.13. The van der Waals surface area contributed by atoms with Crippen LogP contribution in [0.1, 0.15) is 59.3 Å². The van der Waals surface area contributed by atoms with Gasteiger partial charge in [0.05, 0.1) is 12.7 Å². The van der Waals surface area contributed by atoms with E-state index in [1.165, 1.54) is 38.5 Å². The van der Waals surface area contributed by atoms with Crippen LogP contribution in [0.15, 0.2) is 0 Å². The van der Waals surface area contributed by atoms with Gasteiger partial charge in [-0.1, -0.05) is 6.92 Å². The molecule has 1 N–H and O–H groups in total. The second kappa shape index (κ2) is 4.73. The summed E-state index contributed by atoms with van der Waals surface area (Å²) in [5.41, 5.74) is 1.17. The van der Waals surface area contributed by atoms with Crippen molar-refractivity contribution in [2.45, 2.75) is 71.4 Å². The number of rotatable bonds is 5. The van der Waals surface area contributed by atoms with E-state index >= 15 is 0 Å². The first-order valence-electron chi connectivity index (χ1n) is 8.24. The summed E-state index contributed by atoms with van der Waals surface area (Å²) in [5, 5.41) is 3.61. The number of ether oxygens (including phenoxy) is 1. The van der Waals surface area contributed by atoms with Gasteiger partial charge in [-0.15, -0.1) is 0 Å². The normalized spacial score (nSPS) is 45.9. The van der Waals surface area contributed by atoms with Crippen molar-refractivity contribution in [1.29, 1.82) is 0 Å². The van der Waals surface area contributed by atoms with Crippen molar-refractivity contribution in [3.63, 3.8) is 0 Å². The summed E-state index contributed by atoms with van der Waals surface area (Å²) < 4.78 is 5.95. The van der Waals surface area contributed by atoms with E-state index < -0.39 is 0 Å². The Kier molecular flexibility index (Phi) is 3.46. The molecule has 4 aliphatic rings. The predicted octanol–water partition coefficient (Wildman–Crippen LogP) is 3.61. The van der Waals surface area contributed by atoms with E-state index in [4.69, 9.17) is 4.74 Å². The molecule has 19 heavy (non-hydrogen) atoms. The minimum Gasteiger partial charge on any atom is -0.377 e. The van der Waals surface area contributed by atoms with Crippen molar-refractivity contribution < 1.29 is 4.74 Å². The van der Waals surface area contributed by atoms with E-state index in [9.17, 15) is 0 Å². The molecule has 4 aliphatic carbocycles. The van der Waals surface area contributed by atoms with E-state index in [-0.39, 0.29) is 0 Å². The third-order valence-electron chi connectivity index (χ3n) is 6.08. The minimum absolute atomic E-state index is 0.348. The molecule has 0 saturated heterocycles. The average molecular weight is 265 g/mol.